The van der Waals surface area contributed by atoms with Crippen molar-refractivity contribution in [1.82, 2.24) is 0 Å². The molecule has 1 nitrogen and oxygen atoms in total. The van der Waals surface area contributed by atoms with Crippen LogP contribution in [0.25, 0.3) is 0 Å². The molecule has 1 aliphatic rings. The van der Waals surface area contributed by atoms with Crippen LogP contribution >= 0.6 is 46.4 Å². The van der Waals surface area contributed by atoms with E-state index in [1.165, 1.54) is 25.7 Å². The van der Waals surface area contributed by atoms with E-state index in [1.54, 1.807) is 6.92 Å². The summed E-state index contributed by atoms with van der Waals surface area (Å²) in [6.07, 6.45) is 7.45. The van der Waals surface area contributed by atoms with Gasteiger partial charge in [-0.1, -0.05) is 98.8 Å². The molecule has 0 radical (unpaired) electrons. The third-order valence-electron chi connectivity index (χ3n) is 4.13. The van der Waals surface area contributed by atoms with Crippen LogP contribution in [0, 0.1) is 5.92 Å². The van der Waals surface area contributed by atoms with Crippen LogP contribution in [0.1, 0.15) is 58.8 Å². The Morgan fingerprint density at radius 1 is 0.944 bits per heavy atom. The average Bonchev–Trinajstić information content (AvgIpc) is 2.31. The highest BCUT2D eigenvalue weighted by Crippen LogP contribution is 2.68. The van der Waals surface area contributed by atoms with E-state index in [-0.39, 0.29) is 5.92 Å². The Bertz CT molecular complexity index is 280. The van der Waals surface area contributed by atoms with Gasteiger partial charge in [-0.25, -0.2) is 0 Å². The molecule has 1 aliphatic carbocycles. The Hall–Kier alpha value is 1.12. The summed E-state index contributed by atoms with van der Waals surface area (Å²) in [7, 11) is 0. The van der Waals surface area contributed by atoms with Crippen molar-refractivity contribution in [1.29, 1.82) is 0 Å². The summed E-state index contributed by atoms with van der Waals surface area (Å²) < 4.78 is -2.75. The van der Waals surface area contributed by atoms with E-state index in [9.17, 15) is 5.11 Å². The zero-order valence-corrected chi connectivity index (χ0v) is 14.0. The molecule has 0 aromatic rings. The lowest BCUT2D eigenvalue weighted by Crippen LogP contribution is -2.75. The van der Waals surface area contributed by atoms with Gasteiger partial charge in [-0.3, -0.25) is 0 Å². The van der Waals surface area contributed by atoms with Gasteiger partial charge < -0.3 is 5.11 Å². The first-order valence-corrected chi connectivity index (χ1v) is 8.21. The van der Waals surface area contributed by atoms with E-state index in [0.29, 0.717) is 6.42 Å². The van der Waals surface area contributed by atoms with Gasteiger partial charge in [0.2, 0.25) is 0 Å². The number of hydrogen-bond donors (Lipinski definition) is 1. The molecule has 1 rings (SSSR count). The van der Waals surface area contributed by atoms with Gasteiger partial charge >= 0.3 is 0 Å². The molecule has 0 aliphatic heterocycles. The predicted molar refractivity (Wildman–Crippen MR) is 81.0 cm³/mol. The molecule has 18 heavy (non-hydrogen) atoms. The fraction of sp³-hybridized carbons (Fsp3) is 1.00. The van der Waals surface area contributed by atoms with Crippen LogP contribution < -0.4 is 0 Å². The summed E-state index contributed by atoms with van der Waals surface area (Å²) in [6.45, 7) is 3.98. The molecule has 1 fully saturated rings. The molecule has 1 saturated carbocycles. The largest absolute Gasteiger partial charge is 0.386 e. The van der Waals surface area contributed by atoms with Gasteiger partial charge in [0.1, 0.15) is 5.60 Å². The van der Waals surface area contributed by atoms with Crippen LogP contribution in [0.4, 0.5) is 0 Å². The predicted octanol–water partition coefficient (Wildman–Crippen LogP) is 5.47. The SMILES string of the molecule is CCCCCCCCC1(O)C(C)C(Cl)(Cl)C1(Cl)Cl. The highest BCUT2D eigenvalue weighted by Gasteiger charge is 2.76. The maximum absolute atomic E-state index is 10.5. The number of halogens is 4. The molecule has 2 atom stereocenters. The minimum Gasteiger partial charge on any atom is -0.386 e. The number of rotatable bonds is 7. The van der Waals surface area contributed by atoms with Gasteiger partial charge in [-0.15, -0.1) is 0 Å². The van der Waals surface area contributed by atoms with Crippen molar-refractivity contribution in [3.8, 4) is 0 Å². The van der Waals surface area contributed by atoms with E-state index in [0.717, 1.165) is 12.8 Å². The molecule has 0 aromatic heterocycles. The molecule has 2 unspecified atom stereocenters. The van der Waals surface area contributed by atoms with Crippen molar-refractivity contribution in [2.45, 2.75) is 73.1 Å². The monoisotopic (exact) mass is 334 g/mol. The summed E-state index contributed by atoms with van der Waals surface area (Å²) in [4.78, 5) is 0. The third-order valence-corrected chi connectivity index (χ3v) is 6.99. The highest BCUT2D eigenvalue weighted by molar-refractivity contribution is 6.65. The fourth-order valence-electron chi connectivity index (χ4n) is 2.60. The molecule has 0 spiro atoms. The lowest BCUT2D eigenvalue weighted by Gasteiger charge is -2.61. The van der Waals surface area contributed by atoms with Crippen molar-refractivity contribution in [2.24, 2.45) is 5.92 Å². The Balaban J connectivity index is 2.38. The number of alkyl halides is 4. The van der Waals surface area contributed by atoms with E-state index >= 15 is 0 Å². The Morgan fingerprint density at radius 2 is 1.44 bits per heavy atom. The Morgan fingerprint density at radius 3 is 1.94 bits per heavy atom. The van der Waals surface area contributed by atoms with Crippen molar-refractivity contribution in [2.75, 3.05) is 0 Å². The van der Waals surface area contributed by atoms with Crippen LogP contribution in [0.2, 0.25) is 0 Å². The molecular formula is C13H22Cl4O. The van der Waals surface area contributed by atoms with Crippen molar-refractivity contribution < 1.29 is 5.11 Å². The molecular weight excluding hydrogens is 314 g/mol. The van der Waals surface area contributed by atoms with E-state index < -0.39 is 14.3 Å². The first kappa shape index (κ1) is 17.2. The third kappa shape index (κ3) is 2.76. The first-order chi connectivity index (χ1) is 8.22. The fourth-order valence-corrected chi connectivity index (χ4v) is 4.13. The van der Waals surface area contributed by atoms with Gasteiger partial charge in [0, 0.05) is 5.92 Å². The maximum atomic E-state index is 10.5. The van der Waals surface area contributed by atoms with Gasteiger partial charge in [0.15, 0.2) is 8.67 Å². The zero-order chi connectivity index (χ0) is 14.0. The van der Waals surface area contributed by atoms with Crippen LogP contribution in [0.3, 0.4) is 0 Å². The number of hydrogen-bond acceptors (Lipinski definition) is 1. The van der Waals surface area contributed by atoms with Crippen LogP contribution in [-0.2, 0) is 0 Å². The van der Waals surface area contributed by atoms with E-state index in [4.69, 9.17) is 46.4 Å². The van der Waals surface area contributed by atoms with E-state index in [2.05, 4.69) is 6.92 Å². The maximum Gasteiger partial charge on any atom is 0.180 e. The van der Waals surface area contributed by atoms with Crippen LogP contribution in [-0.4, -0.2) is 19.4 Å². The smallest absolute Gasteiger partial charge is 0.180 e. The lowest BCUT2D eigenvalue weighted by atomic mass is 9.65. The minimum absolute atomic E-state index is 0.320. The summed E-state index contributed by atoms with van der Waals surface area (Å²) in [5, 5.41) is 10.5. The average molecular weight is 336 g/mol. The summed E-state index contributed by atoms with van der Waals surface area (Å²) in [5.41, 5.74) is -1.18. The topological polar surface area (TPSA) is 20.2 Å². The standard InChI is InChI=1S/C13H22Cl4O/c1-3-4-5-6-7-8-9-11(18)10(2)12(14,15)13(11,16)17/h10,18H,3-9H2,1-2H3. The van der Waals surface area contributed by atoms with Crippen molar-refractivity contribution >= 4 is 46.4 Å². The first-order valence-electron chi connectivity index (χ1n) is 6.69. The Labute approximate surface area is 130 Å². The molecule has 0 amide bonds. The van der Waals surface area contributed by atoms with Crippen LogP contribution in [0.5, 0.6) is 0 Å². The Kier molecular flexibility index (Phi) is 5.98. The molecule has 5 heteroatoms. The second-order valence-corrected chi connectivity index (χ2v) is 8.07. The minimum atomic E-state index is -1.48. The zero-order valence-electron chi connectivity index (χ0n) is 11.0. The summed E-state index contributed by atoms with van der Waals surface area (Å²) in [5.74, 6) is -0.320. The van der Waals surface area contributed by atoms with Gasteiger partial charge in [-0.05, 0) is 6.42 Å². The number of unbranched alkanes of at least 4 members (excludes halogenated alkanes) is 5. The lowest BCUT2D eigenvalue weighted by molar-refractivity contribution is -0.111. The van der Waals surface area contributed by atoms with Gasteiger partial charge in [-0.2, -0.15) is 0 Å². The van der Waals surface area contributed by atoms with Gasteiger partial charge in [0.25, 0.3) is 0 Å². The molecule has 108 valence electrons. The van der Waals surface area contributed by atoms with E-state index in [1.807, 2.05) is 0 Å². The summed E-state index contributed by atoms with van der Waals surface area (Å²) >= 11 is 24.3. The molecule has 1 N–H and O–H groups in total. The summed E-state index contributed by atoms with van der Waals surface area (Å²) in [6, 6.07) is 0. The van der Waals surface area contributed by atoms with Crippen molar-refractivity contribution in [3.63, 3.8) is 0 Å². The molecule has 0 bridgehead atoms. The second kappa shape index (κ2) is 6.26. The normalized spacial score (nSPS) is 33.2. The second-order valence-electron chi connectivity index (χ2n) is 5.36. The number of aliphatic hydroxyl groups is 1. The van der Waals surface area contributed by atoms with Gasteiger partial charge in [0.05, 0.1) is 0 Å². The highest BCUT2D eigenvalue weighted by atomic mass is 35.5. The van der Waals surface area contributed by atoms with Crippen molar-refractivity contribution in [3.05, 3.63) is 0 Å². The molecule has 0 saturated heterocycles. The quantitative estimate of drug-likeness (QED) is 0.483. The van der Waals surface area contributed by atoms with Crippen LogP contribution in [0.15, 0.2) is 0 Å². The molecule has 0 heterocycles. The molecule has 0 aromatic carbocycles.